The maximum atomic E-state index is 12.2. The first-order valence-electron chi connectivity index (χ1n) is 8.20. The van der Waals surface area contributed by atoms with Crippen molar-refractivity contribution < 1.29 is 14.3 Å². The number of amides is 1. The molecule has 2 fully saturated rings. The SMILES string of the molecule is CCOC(=O)CN1C(=O)CCC12CCC(n1cc(Br)cn1)CC2. The monoisotopic (exact) mass is 383 g/mol. The predicted octanol–water partition coefficient (Wildman–Crippen LogP) is 2.69. The Bertz CT molecular complexity index is 593. The van der Waals surface area contributed by atoms with Gasteiger partial charge in [-0.25, -0.2) is 0 Å². The fourth-order valence-electron chi connectivity index (χ4n) is 3.90. The van der Waals surface area contributed by atoms with Crippen LogP contribution in [0.4, 0.5) is 0 Å². The minimum atomic E-state index is -0.305. The van der Waals surface area contributed by atoms with Crippen molar-refractivity contribution in [3.63, 3.8) is 0 Å². The van der Waals surface area contributed by atoms with Gasteiger partial charge in [0.2, 0.25) is 5.91 Å². The quantitative estimate of drug-likeness (QED) is 0.749. The minimum Gasteiger partial charge on any atom is -0.465 e. The highest BCUT2D eigenvalue weighted by Gasteiger charge is 2.48. The van der Waals surface area contributed by atoms with Crippen molar-refractivity contribution in [1.82, 2.24) is 14.7 Å². The second-order valence-electron chi connectivity index (χ2n) is 6.38. The number of likely N-dealkylation sites (tertiary alicyclic amines) is 1. The van der Waals surface area contributed by atoms with Crippen LogP contribution in [-0.4, -0.2) is 45.2 Å². The lowest BCUT2D eigenvalue weighted by Crippen LogP contribution is -2.50. The van der Waals surface area contributed by atoms with Gasteiger partial charge in [0.15, 0.2) is 0 Å². The maximum absolute atomic E-state index is 12.2. The molecular formula is C16H22BrN3O3. The Labute approximate surface area is 144 Å². The minimum absolute atomic E-state index is 0.0818. The number of carbonyl (C=O) groups excluding carboxylic acids is 2. The van der Waals surface area contributed by atoms with E-state index in [1.165, 1.54) is 0 Å². The van der Waals surface area contributed by atoms with Crippen LogP contribution >= 0.6 is 15.9 Å². The van der Waals surface area contributed by atoms with E-state index < -0.39 is 0 Å². The van der Waals surface area contributed by atoms with Crippen LogP contribution in [0.25, 0.3) is 0 Å². The fourth-order valence-corrected chi connectivity index (χ4v) is 4.21. The number of hydrogen-bond donors (Lipinski definition) is 0. The normalized spacial score (nSPS) is 27.7. The summed E-state index contributed by atoms with van der Waals surface area (Å²) in [6.45, 7) is 2.22. The van der Waals surface area contributed by atoms with E-state index in [1.54, 1.807) is 18.0 Å². The van der Waals surface area contributed by atoms with Crippen LogP contribution in [0.15, 0.2) is 16.9 Å². The average molecular weight is 384 g/mol. The molecule has 1 saturated heterocycles. The molecule has 2 heterocycles. The fraction of sp³-hybridized carbons (Fsp3) is 0.688. The number of aromatic nitrogens is 2. The van der Waals surface area contributed by atoms with E-state index >= 15 is 0 Å². The Morgan fingerprint density at radius 2 is 2.17 bits per heavy atom. The summed E-state index contributed by atoms with van der Waals surface area (Å²) in [5, 5.41) is 4.38. The molecule has 1 amide bonds. The van der Waals surface area contributed by atoms with Crippen molar-refractivity contribution >= 4 is 27.8 Å². The molecular weight excluding hydrogens is 362 g/mol. The van der Waals surface area contributed by atoms with E-state index in [4.69, 9.17) is 4.74 Å². The molecule has 6 nitrogen and oxygen atoms in total. The molecule has 1 aromatic rings. The number of nitrogens with zero attached hydrogens (tertiary/aromatic N) is 3. The van der Waals surface area contributed by atoms with E-state index in [0.29, 0.717) is 19.1 Å². The van der Waals surface area contributed by atoms with Crippen molar-refractivity contribution in [2.45, 2.75) is 57.0 Å². The van der Waals surface area contributed by atoms with E-state index in [0.717, 1.165) is 36.6 Å². The van der Waals surface area contributed by atoms with Crippen LogP contribution in [0, 0.1) is 0 Å². The van der Waals surface area contributed by atoms with E-state index in [-0.39, 0.29) is 24.0 Å². The first-order valence-corrected chi connectivity index (χ1v) is 8.99. The molecule has 0 aromatic carbocycles. The molecule has 23 heavy (non-hydrogen) atoms. The Morgan fingerprint density at radius 1 is 1.43 bits per heavy atom. The molecule has 1 spiro atoms. The van der Waals surface area contributed by atoms with Crippen LogP contribution in [0.1, 0.15) is 51.5 Å². The summed E-state index contributed by atoms with van der Waals surface area (Å²) >= 11 is 3.43. The number of carbonyl (C=O) groups is 2. The molecule has 2 aliphatic rings. The highest BCUT2D eigenvalue weighted by Crippen LogP contribution is 2.45. The summed E-state index contributed by atoms with van der Waals surface area (Å²) in [5.74, 6) is -0.224. The highest BCUT2D eigenvalue weighted by molar-refractivity contribution is 9.10. The largest absolute Gasteiger partial charge is 0.465 e. The van der Waals surface area contributed by atoms with Crippen molar-refractivity contribution in [1.29, 1.82) is 0 Å². The zero-order valence-corrected chi connectivity index (χ0v) is 14.9. The van der Waals surface area contributed by atoms with E-state index in [1.807, 2.05) is 10.9 Å². The molecule has 1 aliphatic heterocycles. The van der Waals surface area contributed by atoms with Crippen molar-refractivity contribution in [3.05, 3.63) is 16.9 Å². The number of rotatable bonds is 4. The third-order valence-corrected chi connectivity index (χ3v) is 5.51. The average Bonchev–Trinajstić information content (AvgIpc) is 3.08. The molecule has 1 saturated carbocycles. The predicted molar refractivity (Wildman–Crippen MR) is 87.7 cm³/mol. The first-order chi connectivity index (χ1) is 11.0. The van der Waals surface area contributed by atoms with Gasteiger partial charge in [-0.2, -0.15) is 5.10 Å². The Balaban J connectivity index is 1.67. The number of esters is 1. The topological polar surface area (TPSA) is 64.4 Å². The maximum Gasteiger partial charge on any atom is 0.325 e. The molecule has 0 atom stereocenters. The lowest BCUT2D eigenvalue weighted by molar-refractivity contribution is -0.151. The molecule has 1 aromatic heterocycles. The first kappa shape index (κ1) is 16.5. The highest BCUT2D eigenvalue weighted by atomic mass is 79.9. The van der Waals surface area contributed by atoms with Gasteiger partial charge in [-0.15, -0.1) is 0 Å². The summed E-state index contributed by atoms with van der Waals surface area (Å²) in [4.78, 5) is 25.8. The lowest BCUT2D eigenvalue weighted by atomic mass is 9.77. The van der Waals surface area contributed by atoms with Gasteiger partial charge in [0, 0.05) is 18.2 Å². The Morgan fingerprint density at radius 3 is 2.78 bits per heavy atom. The third kappa shape index (κ3) is 3.29. The van der Waals surface area contributed by atoms with Crippen LogP contribution < -0.4 is 0 Å². The standard InChI is InChI=1S/C16H22BrN3O3/c1-2-23-15(22)11-19-14(21)5-8-16(19)6-3-13(4-7-16)20-10-12(17)9-18-20/h9-10,13H,2-8,11H2,1H3. The second kappa shape index (κ2) is 6.63. The van der Waals surface area contributed by atoms with Crippen LogP contribution in [0.3, 0.4) is 0 Å². The van der Waals surface area contributed by atoms with Gasteiger partial charge >= 0.3 is 5.97 Å². The second-order valence-corrected chi connectivity index (χ2v) is 7.29. The van der Waals surface area contributed by atoms with Gasteiger partial charge in [-0.05, 0) is 55.0 Å². The Kier molecular flexibility index (Phi) is 4.75. The summed E-state index contributed by atoms with van der Waals surface area (Å²) in [6.07, 6.45) is 8.97. The van der Waals surface area contributed by atoms with Crippen molar-refractivity contribution in [2.24, 2.45) is 0 Å². The Hall–Kier alpha value is -1.37. The van der Waals surface area contributed by atoms with Crippen LogP contribution in [0.2, 0.25) is 0 Å². The van der Waals surface area contributed by atoms with Gasteiger partial charge in [0.1, 0.15) is 6.54 Å². The number of ether oxygens (including phenoxy) is 1. The van der Waals surface area contributed by atoms with Gasteiger partial charge in [0.25, 0.3) is 0 Å². The van der Waals surface area contributed by atoms with Crippen LogP contribution in [0.5, 0.6) is 0 Å². The number of halogens is 1. The summed E-state index contributed by atoms with van der Waals surface area (Å²) < 4.78 is 8.01. The van der Waals surface area contributed by atoms with Crippen molar-refractivity contribution in [2.75, 3.05) is 13.2 Å². The zero-order valence-electron chi connectivity index (χ0n) is 13.3. The summed E-state index contributed by atoms with van der Waals surface area (Å²) in [6, 6.07) is 0.368. The van der Waals surface area contributed by atoms with E-state index in [2.05, 4.69) is 21.0 Å². The summed E-state index contributed by atoms with van der Waals surface area (Å²) in [7, 11) is 0. The third-order valence-electron chi connectivity index (χ3n) is 5.10. The molecule has 0 radical (unpaired) electrons. The molecule has 3 rings (SSSR count). The van der Waals surface area contributed by atoms with Gasteiger partial charge in [-0.3, -0.25) is 14.3 Å². The molecule has 0 bridgehead atoms. The number of hydrogen-bond acceptors (Lipinski definition) is 4. The van der Waals surface area contributed by atoms with Gasteiger partial charge in [-0.1, -0.05) is 0 Å². The molecule has 0 N–H and O–H groups in total. The molecule has 0 unspecified atom stereocenters. The smallest absolute Gasteiger partial charge is 0.325 e. The summed E-state index contributed by atoms with van der Waals surface area (Å²) in [5.41, 5.74) is -0.162. The van der Waals surface area contributed by atoms with Crippen LogP contribution in [-0.2, 0) is 14.3 Å². The molecule has 126 valence electrons. The lowest BCUT2D eigenvalue weighted by Gasteiger charge is -2.43. The zero-order chi connectivity index (χ0) is 16.4. The van der Waals surface area contributed by atoms with Gasteiger partial charge < -0.3 is 9.64 Å². The van der Waals surface area contributed by atoms with Gasteiger partial charge in [0.05, 0.1) is 23.3 Å². The molecule has 1 aliphatic carbocycles. The molecule has 7 heteroatoms. The van der Waals surface area contributed by atoms with Crippen molar-refractivity contribution in [3.8, 4) is 0 Å². The van der Waals surface area contributed by atoms with E-state index in [9.17, 15) is 9.59 Å².